The van der Waals surface area contributed by atoms with Gasteiger partial charge in [-0.25, -0.2) is 0 Å². The van der Waals surface area contributed by atoms with E-state index in [-0.39, 0.29) is 5.57 Å². The minimum atomic E-state index is -1.82. The standard InChI is InChI=1S/C20H17N3O4/c1-27-15-9-5-8-14(10-15)16-11-20(12-21,19(22)24)17(18(16)23(25)26)13-6-3-2-4-7-13/h2-11,17-18H,1H3,(H2,22,24). The predicted octanol–water partition coefficient (Wildman–Crippen LogP) is 2.52. The highest BCUT2D eigenvalue weighted by Gasteiger charge is 2.59. The second kappa shape index (κ2) is 6.92. The molecule has 3 rings (SSSR count). The van der Waals surface area contributed by atoms with Crippen LogP contribution in [0.25, 0.3) is 5.57 Å². The Kier molecular flexibility index (Phi) is 4.65. The van der Waals surface area contributed by atoms with Crippen LogP contribution in [0.2, 0.25) is 0 Å². The Bertz CT molecular complexity index is 965. The number of carbonyl (C=O) groups is 1. The summed E-state index contributed by atoms with van der Waals surface area (Å²) in [6.07, 6.45) is 1.34. The van der Waals surface area contributed by atoms with Crippen molar-refractivity contribution in [3.05, 3.63) is 81.9 Å². The Morgan fingerprint density at radius 2 is 1.96 bits per heavy atom. The van der Waals surface area contributed by atoms with E-state index in [1.165, 1.54) is 13.2 Å². The summed E-state index contributed by atoms with van der Waals surface area (Å²) in [6, 6.07) is 15.9. The van der Waals surface area contributed by atoms with Gasteiger partial charge in [0.05, 0.1) is 19.1 Å². The summed E-state index contributed by atoms with van der Waals surface area (Å²) in [5, 5.41) is 21.9. The van der Waals surface area contributed by atoms with E-state index < -0.39 is 28.2 Å². The van der Waals surface area contributed by atoms with E-state index in [2.05, 4.69) is 0 Å². The fraction of sp³-hybridized carbons (Fsp3) is 0.200. The van der Waals surface area contributed by atoms with E-state index in [0.717, 1.165) is 0 Å². The molecule has 0 saturated carbocycles. The van der Waals surface area contributed by atoms with Crippen LogP contribution in [0.1, 0.15) is 17.0 Å². The number of hydrogen-bond acceptors (Lipinski definition) is 5. The molecule has 7 heteroatoms. The molecule has 2 N–H and O–H groups in total. The maximum absolute atomic E-state index is 12.3. The molecule has 3 unspecified atom stereocenters. The summed E-state index contributed by atoms with van der Waals surface area (Å²) in [6.45, 7) is 0. The largest absolute Gasteiger partial charge is 0.497 e. The van der Waals surface area contributed by atoms with E-state index in [4.69, 9.17) is 10.5 Å². The van der Waals surface area contributed by atoms with Gasteiger partial charge in [-0.3, -0.25) is 14.9 Å². The summed E-state index contributed by atoms with van der Waals surface area (Å²) in [4.78, 5) is 23.9. The second-order valence-corrected chi connectivity index (χ2v) is 6.30. The first kappa shape index (κ1) is 18.1. The third-order valence-corrected chi connectivity index (χ3v) is 4.89. The molecule has 7 nitrogen and oxygen atoms in total. The van der Waals surface area contributed by atoms with Gasteiger partial charge >= 0.3 is 0 Å². The molecule has 0 heterocycles. The molecule has 136 valence electrons. The van der Waals surface area contributed by atoms with E-state index in [0.29, 0.717) is 16.9 Å². The minimum absolute atomic E-state index is 0.271. The van der Waals surface area contributed by atoms with Gasteiger partial charge in [-0.2, -0.15) is 5.26 Å². The van der Waals surface area contributed by atoms with Crippen LogP contribution >= 0.6 is 0 Å². The molecule has 0 radical (unpaired) electrons. The number of hydrogen-bond donors (Lipinski definition) is 1. The summed E-state index contributed by atoms with van der Waals surface area (Å²) in [5.74, 6) is -1.43. The molecular weight excluding hydrogens is 346 g/mol. The number of ether oxygens (including phenoxy) is 1. The van der Waals surface area contributed by atoms with Gasteiger partial charge in [-0.1, -0.05) is 42.5 Å². The molecule has 2 aromatic carbocycles. The summed E-state index contributed by atoms with van der Waals surface area (Å²) >= 11 is 0. The Balaban J connectivity index is 2.27. The van der Waals surface area contributed by atoms with Gasteiger partial charge in [-0.05, 0) is 29.3 Å². The molecule has 3 atom stereocenters. The molecule has 1 aliphatic carbocycles. The number of nitriles is 1. The van der Waals surface area contributed by atoms with Crippen LogP contribution in [0.5, 0.6) is 5.75 Å². The monoisotopic (exact) mass is 363 g/mol. The number of nitrogens with two attached hydrogens (primary N) is 1. The summed E-state index contributed by atoms with van der Waals surface area (Å²) < 4.78 is 5.19. The van der Waals surface area contributed by atoms with Crippen LogP contribution in [0, 0.1) is 26.9 Å². The highest BCUT2D eigenvalue weighted by molar-refractivity contribution is 5.93. The van der Waals surface area contributed by atoms with Crippen molar-refractivity contribution in [2.45, 2.75) is 12.0 Å². The molecule has 1 aliphatic rings. The number of primary amides is 1. The van der Waals surface area contributed by atoms with Crippen molar-refractivity contribution in [3.8, 4) is 11.8 Å². The second-order valence-electron chi connectivity index (χ2n) is 6.30. The van der Waals surface area contributed by atoms with Gasteiger partial charge in [0.25, 0.3) is 0 Å². The zero-order valence-electron chi connectivity index (χ0n) is 14.5. The normalized spacial score (nSPS) is 23.9. The minimum Gasteiger partial charge on any atom is -0.497 e. The molecule has 0 saturated heterocycles. The number of nitro groups is 1. The molecule has 27 heavy (non-hydrogen) atoms. The molecule has 0 aromatic heterocycles. The zero-order valence-corrected chi connectivity index (χ0v) is 14.5. The molecular formula is C20H17N3O4. The van der Waals surface area contributed by atoms with Crippen molar-refractivity contribution in [1.82, 2.24) is 0 Å². The fourth-order valence-electron chi connectivity index (χ4n) is 3.63. The fourth-order valence-corrected chi connectivity index (χ4v) is 3.63. The first-order chi connectivity index (χ1) is 12.9. The zero-order chi connectivity index (χ0) is 19.6. The lowest BCUT2D eigenvalue weighted by Crippen LogP contribution is -2.42. The average molecular weight is 363 g/mol. The van der Waals surface area contributed by atoms with Gasteiger partial charge in [0.15, 0.2) is 5.41 Å². The van der Waals surface area contributed by atoms with Crippen molar-refractivity contribution in [3.63, 3.8) is 0 Å². The number of benzene rings is 2. The lowest BCUT2D eigenvalue weighted by atomic mass is 9.73. The van der Waals surface area contributed by atoms with Crippen LogP contribution in [0.3, 0.4) is 0 Å². The Morgan fingerprint density at radius 1 is 1.26 bits per heavy atom. The van der Waals surface area contributed by atoms with Crippen molar-refractivity contribution in [2.75, 3.05) is 7.11 Å². The van der Waals surface area contributed by atoms with Crippen molar-refractivity contribution < 1.29 is 14.5 Å². The summed E-state index contributed by atoms with van der Waals surface area (Å²) in [7, 11) is 1.49. The number of amides is 1. The number of methoxy groups -OCH3 is 1. The van der Waals surface area contributed by atoms with Crippen molar-refractivity contribution in [1.29, 1.82) is 5.26 Å². The molecule has 1 amide bonds. The number of nitrogens with zero attached hydrogens (tertiary/aromatic N) is 2. The van der Waals surface area contributed by atoms with Crippen molar-refractivity contribution in [2.24, 2.45) is 11.1 Å². The Hall–Kier alpha value is -3.66. The van der Waals surface area contributed by atoms with E-state index in [9.17, 15) is 20.2 Å². The van der Waals surface area contributed by atoms with Gasteiger partial charge in [0, 0.05) is 10.5 Å². The third kappa shape index (κ3) is 2.91. The van der Waals surface area contributed by atoms with Gasteiger partial charge in [0.2, 0.25) is 11.9 Å². The van der Waals surface area contributed by atoms with E-state index >= 15 is 0 Å². The average Bonchev–Trinajstić information content (AvgIpc) is 3.06. The van der Waals surface area contributed by atoms with E-state index in [1.807, 2.05) is 6.07 Å². The van der Waals surface area contributed by atoms with Gasteiger partial charge in [-0.15, -0.1) is 0 Å². The predicted molar refractivity (Wildman–Crippen MR) is 98.2 cm³/mol. The lowest BCUT2D eigenvalue weighted by Gasteiger charge is -2.26. The Morgan fingerprint density at radius 3 is 2.52 bits per heavy atom. The van der Waals surface area contributed by atoms with Crippen LogP contribution in [0.15, 0.2) is 60.7 Å². The highest BCUT2D eigenvalue weighted by Crippen LogP contribution is 2.51. The van der Waals surface area contributed by atoms with Crippen molar-refractivity contribution >= 4 is 11.5 Å². The molecule has 2 aromatic rings. The topological polar surface area (TPSA) is 119 Å². The first-order valence-corrected chi connectivity index (χ1v) is 8.21. The van der Waals surface area contributed by atoms with Crippen LogP contribution < -0.4 is 10.5 Å². The number of carbonyl (C=O) groups excluding carboxylic acids is 1. The van der Waals surface area contributed by atoms with Crippen LogP contribution in [-0.2, 0) is 4.79 Å². The maximum Gasteiger partial charge on any atom is 0.247 e. The summed E-state index contributed by atoms with van der Waals surface area (Å²) in [5.41, 5.74) is 5.04. The molecule has 0 bridgehead atoms. The van der Waals surface area contributed by atoms with Crippen LogP contribution in [0.4, 0.5) is 0 Å². The highest BCUT2D eigenvalue weighted by atomic mass is 16.6. The smallest absolute Gasteiger partial charge is 0.247 e. The van der Waals surface area contributed by atoms with Gasteiger partial charge in [0.1, 0.15) is 5.75 Å². The SMILES string of the molecule is COc1cccc(C2=CC(C#N)(C(N)=O)C(c3ccccc3)C2[N+](=O)[O-])c1. The van der Waals surface area contributed by atoms with E-state index in [1.54, 1.807) is 54.6 Å². The molecule has 0 spiro atoms. The first-order valence-electron chi connectivity index (χ1n) is 8.21. The van der Waals surface area contributed by atoms with Crippen LogP contribution in [-0.4, -0.2) is 24.0 Å². The maximum atomic E-state index is 12.3. The third-order valence-electron chi connectivity index (χ3n) is 4.89. The number of rotatable bonds is 5. The molecule has 0 aliphatic heterocycles. The quantitative estimate of drug-likeness (QED) is 0.646. The molecule has 0 fully saturated rings. The Labute approximate surface area is 155 Å². The van der Waals surface area contributed by atoms with Gasteiger partial charge < -0.3 is 10.5 Å². The lowest BCUT2D eigenvalue weighted by molar-refractivity contribution is -0.510.